The number of halogens is 4. The first-order valence-electron chi connectivity index (χ1n) is 10.5. The molecule has 13 heteroatoms. The Balaban J connectivity index is 1.61. The normalized spacial score (nSPS) is 20.4. The zero-order valence-corrected chi connectivity index (χ0v) is 19.8. The van der Waals surface area contributed by atoms with Crippen LogP contribution in [0.2, 0.25) is 5.02 Å². The van der Waals surface area contributed by atoms with Crippen molar-refractivity contribution in [3.63, 3.8) is 0 Å². The van der Waals surface area contributed by atoms with Gasteiger partial charge in [0.2, 0.25) is 10.0 Å². The van der Waals surface area contributed by atoms with Crippen LogP contribution < -0.4 is 14.6 Å². The van der Waals surface area contributed by atoms with Crippen LogP contribution in [0, 0.1) is 11.7 Å². The van der Waals surface area contributed by atoms with Crippen LogP contribution in [-0.2, 0) is 21.8 Å². The molecule has 186 valence electrons. The van der Waals surface area contributed by atoms with Crippen molar-refractivity contribution in [2.45, 2.75) is 51.2 Å². The third kappa shape index (κ3) is 6.87. The van der Waals surface area contributed by atoms with E-state index in [1.54, 1.807) is 14.0 Å². The largest absolute Gasteiger partial charge is 0.486 e. The highest BCUT2D eigenvalue weighted by Crippen LogP contribution is 2.37. The van der Waals surface area contributed by atoms with Gasteiger partial charge < -0.3 is 14.2 Å². The van der Waals surface area contributed by atoms with Gasteiger partial charge in [-0.25, -0.2) is 26.7 Å². The van der Waals surface area contributed by atoms with E-state index < -0.39 is 28.9 Å². The number of nitrogens with zero attached hydrogens (tertiary/aromatic N) is 2. The molecule has 1 aromatic carbocycles. The summed E-state index contributed by atoms with van der Waals surface area (Å²) in [6.45, 7) is 1.15. The maximum absolute atomic E-state index is 14.5. The summed E-state index contributed by atoms with van der Waals surface area (Å²) in [5.41, 5.74) is 0.152. The van der Waals surface area contributed by atoms with Gasteiger partial charge in [-0.05, 0) is 31.6 Å². The Hall–Kier alpha value is -1.76. The van der Waals surface area contributed by atoms with Crippen molar-refractivity contribution < 1.29 is 35.8 Å². The van der Waals surface area contributed by atoms with Gasteiger partial charge in [0.1, 0.15) is 29.0 Å². The van der Waals surface area contributed by atoms with Crippen molar-refractivity contribution in [1.29, 1.82) is 0 Å². The van der Waals surface area contributed by atoms with Crippen molar-refractivity contribution in [1.82, 2.24) is 9.55 Å². The number of imidazole rings is 1. The highest BCUT2D eigenvalue weighted by Gasteiger charge is 2.27. The molecule has 1 saturated carbocycles. The van der Waals surface area contributed by atoms with Crippen molar-refractivity contribution >= 4 is 32.7 Å². The molecule has 0 saturated heterocycles. The molecule has 1 atom stereocenters. The number of alkyl halides is 2. The number of fused-ring (bicyclic) bond motifs is 1. The van der Waals surface area contributed by atoms with Crippen LogP contribution in [0.3, 0.4) is 0 Å². The van der Waals surface area contributed by atoms with Crippen molar-refractivity contribution in [3.8, 4) is 11.8 Å². The first-order chi connectivity index (χ1) is 15.4. The van der Waals surface area contributed by atoms with Crippen molar-refractivity contribution in [2.75, 3.05) is 19.0 Å². The Bertz CT molecular complexity index is 1070. The average Bonchev–Trinajstić information content (AvgIpc) is 3.05. The fourth-order valence-corrected chi connectivity index (χ4v) is 5.05. The van der Waals surface area contributed by atoms with E-state index in [0.717, 1.165) is 6.07 Å². The number of ether oxygens (including phenoxy) is 3. The molecule has 1 aliphatic carbocycles. The number of hydrogen-bond donors (Lipinski definition) is 1. The van der Waals surface area contributed by atoms with E-state index in [-0.39, 0.29) is 51.7 Å². The molecule has 0 bridgehead atoms. The fourth-order valence-electron chi connectivity index (χ4n) is 3.83. The second kappa shape index (κ2) is 10.7. The van der Waals surface area contributed by atoms with E-state index in [2.05, 4.69) is 4.98 Å². The molecule has 0 unspecified atom stereocenters. The quantitative estimate of drug-likeness (QED) is 0.520. The predicted molar refractivity (Wildman–Crippen MR) is 117 cm³/mol. The first-order valence-corrected chi connectivity index (χ1v) is 12.6. The molecule has 8 nitrogen and oxygen atoms in total. The van der Waals surface area contributed by atoms with Crippen molar-refractivity contribution in [2.24, 2.45) is 18.1 Å². The number of sulfonamides is 1. The van der Waals surface area contributed by atoms with E-state index in [4.69, 9.17) is 31.0 Å². The molecule has 1 fully saturated rings. The zero-order valence-electron chi connectivity index (χ0n) is 18.3. The Kier molecular flexibility index (Phi) is 8.35. The molecular formula is C20H27ClF3N3O5S. The van der Waals surface area contributed by atoms with Gasteiger partial charge in [0.15, 0.2) is 5.82 Å². The second-order valence-electron chi connectivity index (χ2n) is 8.31. The number of benzene rings is 1. The summed E-state index contributed by atoms with van der Waals surface area (Å²) in [7, 11) is -1.95. The van der Waals surface area contributed by atoms with E-state index >= 15 is 0 Å². The third-order valence-corrected chi connectivity index (χ3v) is 6.75. The van der Waals surface area contributed by atoms with Gasteiger partial charge >= 0.3 is 0 Å². The second-order valence-corrected chi connectivity index (χ2v) is 10.3. The van der Waals surface area contributed by atoms with Gasteiger partial charge in [0.25, 0.3) is 12.4 Å². The van der Waals surface area contributed by atoms with Crippen LogP contribution in [0.15, 0.2) is 6.07 Å². The molecule has 1 aliphatic rings. The maximum atomic E-state index is 14.5. The lowest BCUT2D eigenvalue weighted by atomic mass is 9.95. The SMILES string of the molecule is C[C@@H](COC1CCC(Oc2nc3c(F)cc(OCC(F)F)c(Cl)c3n2C)CC1)CS(N)(=O)=O. The summed E-state index contributed by atoms with van der Waals surface area (Å²) in [5, 5.41) is 5.03. The lowest BCUT2D eigenvalue weighted by molar-refractivity contribution is -0.00976. The van der Waals surface area contributed by atoms with Gasteiger partial charge in [-0.2, -0.15) is 4.98 Å². The van der Waals surface area contributed by atoms with Crippen LogP contribution in [0.25, 0.3) is 11.0 Å². The molecule has 0 amide bonds. The smallest absolute Gasteiger partial charge is 0.297 e. The Morgan fingerprint density at radius 2 is 1.88 bits per heavy atom. The molecule has 1 aromatic heterocycles. The highest BCUT2D eigenvalue weighted by molar-refractivity contribution is 7.89. The minimum absolute atomic E-state index is 0.0188. The molecule has 2 N–H and O–H groups in total. The molecular weight excluding hydrogens is 487 g/mol. The molecule has 2 aromatic rings. The average molecular weight is 514 g/mol. The summed E-state index contributed by atoms with van der Waals surface area (Å²) in [6, 6.07) is 1.09. The summed E-state index contributed by atoms with van der Waals surface area (Å²) >= 11 is 6.26. The molecule has 0 radical (unpaired) electrons. The van der Waals surface area contributed by atoms with Crippen LogP contribution in [0.4, 0.5) is 13.2 Å². The number of rotatable bonds is 10. The van der Waals surface area contributed by atoms with Crippen molar-refractivity contribution in [3.05, 3.63) is 16.9 Å². The van der Waals surface area contributed by atoms with Gasteiger partial charge in [-0.15, -0.1) is 0 Å². The van der Waals surface area contributed by atoms with Crippen LogP contribution in [0.5, 0.6) is 11.8 Å². The Labute approximate surface area is 195 Å². The number of primary sulfonamides is 1. The van der Waals surface area contributed by atoms with Gasteiger partial charge in [-0.1, -0.05) is 18.5 Å². The number of aromatic nitrogens is 2. The summed E-state index contributed by atoms with van der Waals surface area (Å²) < 4.78 is 79.9. The lowest BCUT2D eigenvalue weighted by Gasteiger charge is -2.29. The van der Waals surface area contributed by atoms with E-state index in [9.17, 15) is 21.6 Å². The van der Waals surface area contributed by atoms with E-state index in [1.807, 2.05) is 0 Å². The van der Waals surface area contributed by atoms with E-state index in [1.165, 1.54) is 4.57 Å². The Morgan fingerprint density at radius 1 is 1.24 bits per heavy atom. The monoisotopic (exact) mass is 513 g/mol. The van der Waals surface area contributed by atoms with Crippen LogP contribution >= 0.6 is 11.6 Å². The predicted octanol–water partition coefficient (Wildman–Crippen LogP) is 3.64. The van der Waals surface area contributed by atoms with Crippen LogP contribution in [0.1, 0.15) is 32.6 Å². The third-order valence-electron chi connectivity index (χ3n) is 5.35. The lowest BCUT2D eigenvalue weighted by Crippen LogP contribution is -2.31. The maximum Gasteiger partial charge on any atom is 0.297 e. The first kappa shape index (κ1) is 25.9. The topological polar surface area (TPSA) is 106 Å². The highest BCUT2D eigenvalue weighted by atomic mass is 35.5. The molecule has 33 heavy (non-hydrogen) atoms. The summed E-state index contributed by atoms with van der Waals surface area (Å²) in [5.74, 6) is -1.28. The zero-order chi connectivity index (χ0) is 24.3. The Morgan fingerprint density at radius 3 is 2.48 bits per heavy atom. The summed E-state index contributed by atoms with van der Waals surface area (Å²) in [6.07, 6.45) is -0.184. The van der Waals surface area contributed by atoms with Gasteiger partial charge in [0, 0.05) is 13.1 Å². The minimum atomic E-state index is -3.54. The number of nitrogens with two attached hydrogens (primary N) is 1. The van der Waals surface area contributed by atoms with Crippen LogP contribution in [-0.4, -0.2) is 55.6 Å². The molecule has 0 aliphatic heterocycles. The number of aryl methyl sites for hydroxylation is 1. The van der Waals surface area contributed by atoms with Gasteiger partial charge in [-0.3, -0.25) is 4.57 Å². The summed E-state index contributed by atoms with van der Waals surface area (Å²) in [4.78, 5) is 4.19. The standard InChI is InChI=1S/C20H27ClF3N3O5S/c1-11(10-33(25,28)29)8-30-12-3-5-13(6-4-12)32-20-26-18-14(22)7-15(31-9-16(23)24)17(21)19(18)27(20)2/h7,11-13,16H,3-6,8-10H2,1-2H3,(H2,25,28,29)/t11-,12?,13?/m0/s1. The number of hydrogen-bond acceptors (Lipinski definition) is 6. The minimum Gasteiger partial charge on any atom is -0.486 e. The molecule has 1 heterocycles. The molecule has 3 rings (SSSR count). The van der Waals surface area contributed by atoms with Gasteiger partial charge in [0.05, 0.1) is 24.0 Å². The van der Waals surface area contributed by atoms with E-state index in [0.29, 0.717) is 32.3 Å². The fraction of sp³-hybridized carbons (Fsp3) is 0.650. The molecule has 0 spiro atoms.